The van der Waals surface area contributed by atoms with Crippen LogP contribution < -0.4 is 43.0 Å². The second kappa shape index (κ2) is 85.8. The Bertz CT molecular complexity index is 1480. The first kappa shape index (κ1) is 120. The summed E-state index contributed by atoms with van der Waals surface area (Å²) in [5, 5.41) is 22.5. The highest BCUT2D eigenvalue weighted by Gasteiger charge is 2.20. The fourth-order valence-electron chi connectivity index (χ4n) is 12.0. The van der Waals surface area contributed by atoms with Gasteiger partial charge in [0.2, 0.25) is 0 Å². The lowest BCUT2D eigenvalue weighted by molar-refractivity contribution is 0.126. The summed E-state index contributed by atoms with van der Waals surface area (Å²) in [6, 6.07) is 7.63. The monoisotopic (exact) mass is 1500 g/mol. The summed E-state index contributed by atoms with van der Waals surface area (Å²) in [4.78, 5) is 19.7. The number of likely N-dealkylation sites (N-methyl/N-ethyl adjacent to an activating group) is 1. The average molecular weight is 1500 g/mol. The Kier molecular flexibility index (Phi) is 98.1. The van der Waals surface area contributed by atoms with Crippen LogP contribution in [0.25, 0.3) is 0 Å². The van der Waals surface area contributed by atoms with Gasteiger partial charge in [-0.05, 0) is 265 Å². The third-order valence-electron chi connectivity index (χ3n) is 19.7. The quantitative estimate of drug-likeness (QED) is 0.0353. The van der Waals surface area contributed by atoms with Gasteiger partial charge in [-0.2, -0.15) is 0 Å². The molecule has 646 valence electrons. The van der Waals surface area contributed by atoms with Crippen LogP contribution in [0.15, 0.2) is 0 Å². The lowest BCUT2D eigenvalue weighted by Crippen LogP contribution is -2.47. The Hall–Kier alpha value is -0.640. The smallest absolute Gasteiger partial charge is 0.0112 e. The summed E-state index contributed by atoms with van der Waals surface area (Å²) in [6.07, 6.45) is 26.9. The number of rotatable bonds is 28. The summed E-state index contributed by atoms with van der Waals surface area (Å²) >= 11 is 0. The molecule has 0 unspecified atom stereocenters. The van der Waals surface area contributed by atoms with E-state index in [1.54, 1.807) is 0 Å². The predicted octanol–water partition coefficient (Wildman–Crippen LogP) is 16.9. The van der Waals surface area contributed by atoms with Gasteiger partial charge in [-0.25, -0.2) is 0 Å². The van der Waals surface area contributed by atoms with E-state index in [0.29, 0.717) is 36.3 Å². The second-order valence-electron chi connectivity index (χ2n) is 34.4. The van der Waals surface area contributed by atoms with Crippen LogP contribution >= 0.6 is 0 Å². The van der Waals surface area contributed by atoms with E-state index in [-0.39, 0.29) is 14.9 Å². The molecular weight excluding hydrogens is 1290 g/mol. The number of piperidine rings is 1. The Balaban J connectivity index is -0.000000164. The minimum Gasteiger partial charge on any atom is -0.330 e. The zero-order chi connectivity index (χ0) is 79.9. The first-order chi connectivity index (χ1) is 48.5. The molecule has 0 spiro atoms. The van der Waals surface area contributed by atoms with Crippen molar-refractivity contribution < 1.29 is 0 Å². The van der Waals surface area contributed by atoms with Crippen LogP contribution in [0, 0.1) is 17.8 Å². The maximum absolute atomic E-state index is 5.27. The summed E-state index contributed by atoms with van der Waals surface area (Å²) in [5.74, 6) is 2.81. The number of hydrogen-bond acceptors (Lipinski definition) is 16. The molecule has 16 nitrogen and oxygen atoms in total. The van der Waals surface area contributed by atoms with Crippen molar-refractivity contribution in [1.82, 2.24) is 76.4 Å². The van der Waals surface area contributed by atoms with Gasteiger partial charge in [-0.15, -0.1) is 0 Å². The van der Waals surface area contributed by atoms with Gasteiger partial charge >= 0.3 is 0 Å². The molecule has 0 aromatic carbocycles. The minimum atomic E-state index is 0. The molecule has 2 saturated carbocycles. The Labute approximate surface area is 666 Å². The molecule has 4 heterocycles. The molecule has 105 heavy (non-hydrogen) atoms. The zero-order valence-corrected chi connectivity index (χ0v) is 77.0. The van der Waals surface area contributed by atoms with E-state index in [4.69, 9.17) is 5.73 Å². The van der Waals surface area contributed by atoms with Crippen molar-refractivity contribution >= 4 is 0 Å². The number of piperazine rings is 2. The van der Waals surface area contributed by atoms with Crippen LogP contribution in [0.5, 0.6) is 0 Å². The van der Waals surface area contributed by atoms with Gasteiger partial charge in [0.1, 0.15) is 0 Å². The van der Waals surface area contributed by atoms with E-state index in [9.17, 15) is 0 Å². The Morgan fingerprint density at radius 2 is 0.743 bits per heavy atom. The Morgan fingerprint density at radius 3 is 1.04 bits per heavy atom. The van der Waals surface area contributed by atoms with E-state index in [1.165, 1.54) is 227 Å². The molecular formula is C89H210N16. The first-order valence-corrected chi connectivity index (χ1v) is 43.9. The van der Waals surface area contributed by atoms with Crippen molar-refractivity contribution in [3.63, 3.8) is 0 Å². The standard InChI is InChI=1S/C10H24N2.C10H21N.C10H20.2C8H18N2.C8H20N2.C8H17N.C7H15N.C6H16N2.3C4H11N.2CH4/c1-5-12(6-2)9-7-8-11-10(3)4;1-9(2)11(3)10-7-5-4-6-8-10;1-9(2)8-10-6-4-3-5-7-10;1-8(2)10-6-4-9(3)5-7-10;1-8(2)7-10-5-3-9-4-6-10;1-8(2)9-6-5-7-10(3)4;1-8(2)9-6-4-3-5-7-9;1-7(2)8-5-3-4-6-8;1-6(2)8-5-3-4-7;3*1-4(2)5-3;;/h10-11H,5-9H2,1-4H3;9-10H,4-8H2,1-3H3;9-10H,3-8H2,1-2H3;8H,4-7H2,1-3H3;8-9H,3-7H2,1-2H3;8-9H,5-7H2,1-4H3;8H,3-7H2,1-2H3;7H,3-6H2,1-2H3;6,8H,3-5,7H2,1-2H3;3*4-5H,1-3H3;2*1H4. The molecule has 6 aliphatic rings. The molecule has 0 bridgehead atoms. The molecule has 0 radical (unpaired) electrons. The van der Waals surface area contributed by atoms with Crippen molar-refractivity contribution in [3.05, 3.63) is 0 Å². The number of hydrogen-bond donors (Lipinski definition) is 8. The third-order valence-corrected chi connectivity index (χ3v) is 19.7. The maximum Gasteiger partial charge on any atom is 0.0112 e. The summed E-state index contributed by atoms with van der Waals surface area (Å²) in [5.41, 5.74) is 5.27. The molecule has 4 saturated heterocycles. The van der Waals surface area contributed by atoms with Crippen LogP contribution in [-0.2, 0) is 0 Å². The lowest BCUT2D eigenvalue weighted by Gasteiger charge is -2.34. The molecule has 6 rings (SSSR count). The van der Waals surface area contributed by atoms with E-state index >= 15 is 0 Å². The van der Waals surface area contributed by atoms with Crippen LogP contribution in [-0.4, -0.2) is 292 Å². The first-order valence-electron chi connectivity index (χ1n) is 43.9. The van der Waals surface area contributed by atoms with Crippen LogP contribution in [0.3, 0.4) is 0 Å². The van der Waals surface area contributed by atoms with Crippen molar-refractivity contribution in [2.24, 2.45) is 23.5 Å². The predicted molar refractivity (Wildman–Crippen MR) is 485 cm³/mol. The number of nitrogens with one attached hydrogen (secondary N) is 7. The topological polar surface area (TPSA) is 136 Å². The van der Waals surface area contributed by atoms with E-state index in [2.05, 4.69) is 285 Å². The van der Waals surface area contributed by atoms with Gasteiger partial charge in [-0.3, -0.25) is 4.90 Å². The van der Waals surface area contributed by atoms with Gasteiger partial charge in [0.15, 0.2) is 0 Å². The van der Waals surface area contributed by atoms with Crippen molar-refractivity contribution in [3.8, 4) is 0 Å². The summed E-state index contributed by atoms with van der Waals surface area (Å²) < 4.78 is 0. The van der Waals surface area contributed by atoms with Crippen molar-refractivity contribution in [2.45, 2.75) is 383 Å². The number of likely N-dealkylation sites (tertiary alicyclic amines) is 2. The van der Waals surface area contributed by atoms with Gasteiger partial charge in [0, 0.05) is 125 Å². The second-order valence-corrected chi connectivity index (χ2v) is 34.4. The van der Waals surface area contributed by atoms with Crippen LogP contribution in [0.4, 0.5) is 0 Å². The molecule has 16 heteroatoms. The SMILES string of the molecule is C.C.CC(C)CC1CCCCC1.CC(C)CN1CCNCC1.CC(C)N(C)C1CCCCC1.CC(C)N1CCCC1.CC(C)N1CCCCC1.CC(C)N1CCN(C)CC1.CC(C)NCCCN.CC(C)NCCCN(C)C.CCN(CC)CCCNC(C)C.CNC(C)C.CNC(C)C.CNC(C)C. The molecule has 0 aromatic heterocycles. The number of nitrogens with two attached hydrogens (primary N) is 1. The summed E-state index contributed by atoms with van der Waals surface area (Å²) in [7, 11) is 14.5. The van der Waals surface area contributed by atoms with Gasteiger partial charge in [-0.1, -0.05) is 197 Å². The van der Waals surface area contributed by atoms with Crippen molar-refractivity contribution in [2.75, 3.05) is 187 Å². The summed E-state index contributed by atoms with van der Waals surface area (Å²) in [6.45, 7) is 82.8. The fraction of sp³-hybridized carbons (Fsp3) is 1.00. The van der Waals surface area contributed by atoms with Crippen LogP contribution in [0.2, 0.25) is 0 Å². The normalized spacial score (nSPS) is 17.0. The molecule has 9 N–H and O–H groups in total. The lowest BCUT2D eigenvalue weighted by atomic mass is 9.84. The fourth-order valence-corrected chi connectivity index (χ4v) is 12.0. The third kappa shape index (κ3) is 95.7. The van der Waals surface area contributed by atoms with Crippen LogP contribution in [0.1, 0.15) is 317 Å². The molecule has 4 aliphatic heterocycles. The van der Waals surface area contributed by atoms with E-state index in [0.717, 1.165) is 80.6 Å². The largest absolute Gasteiger partial charge is 0.330 e. The highest BCUT2D eigenvalue weighted by atomic mass is 15.3. The molecule has 0 atom stereocenters. The highest BCUT2D eigenvalue weighted by molar-refractivity contribution is 4.76. The van der Waals surface area contributed by atoms with Crippen molar-refractivity contribution in [1.29, 1.82) is 0 Å². The molecule has 0 aromatic rings. The van der Waals surface area contributed by atoms with E-state index < -0.39 is 0 Å². The highest BCUT2D eigenvalue weighted by Crippen LogP contribution is 2.28. The molecule has 6 fully saturated rings. The Morgan fingerprint density at radius 1 is 0.410 bits per heavy atom. The molecule has 0 amide bonds. The molecule has 2 aliphatic carbocycles. The average Bonchev–Trinajstić information content (AvgIpc) is 1.52. The van der Waals surface area contributed by atoms with E-state index in [1.807, 2.05) is 21.1 Å². The number of nitrogens with zero attached hydrogens (tertiary/aromatic N) is 8. The van der Waals surface area contributed by atoms with Gasteiger partial charge in [0.05, 0.1) is 0 Å². The van der Waals surface area contributed by atoms with Gasteiger partial charge < -0.3 is 77.3 Å². The maximum atomic E-state index is 5.27. The van der Waals surface area contributed by atoms with Gasteiger partial charge in [0.25, 0.3) is 0 Å². The zero-order valence-electron chi connectivity index (χ0n) is 77.0. The minimum absolute atomic E-state index is 0.